The van der Waals surface area contributed by atoms with Gasteiger partial charge in [0.1, 0.15) is 17.0 Å². The van der Waals surface area contributed by atoms with Gasteiger partial charge in [-0.15, -0.1) is 11.3 Å². The Morgan fingerprint density at radius 3 is 2.44 bits per heavy atom. The predicted molar refractivity (Wildman–Crippen MR) is 104 cm³/mol. The molecule has 140 valence electrons. The molecule has 4 rings (SSSR count). The number of anilines is 1. The molecule has 0 bridgehead atoms. The molecule has 3 aromatic rings. The SMILES string of the molecule is Cc1ccn(-c2cc(N3CCN(C(=O)c4sc(C)nc4C)CC3)ncn2)n1. The molecule has 0 radical (unpaired) electrons. The first kappa shape index (κ1) is 17.6. The Balaban J connectivity index is 1.45. The number of carbonyl (C=O) groups excluding carboxylic acids is 1. The van der Waals surface area contributed by atoms with Crippen LogP contribution >= 0.6 is 11.3 Å². The zero-order valence-corrected chi connectivity index (χ0v) is 16.4. The first-order chi connectivity index (χ1) is 13.0. The number of aryl methyl sites for hydroxylation is 3. The number of thiazole rings is 1. The lowest BCUT2D eigenvalue weighted by Gasteiger charge is -2.35. The number of rotatable bonds is 3. The van der Waals surface area contributed by atoms with E-state index in [4.69, 9.17) is 0 Å². The van der Waals surface area contributed by atoms with Gasteiger partial charge in [-0.2, -0.15) is 5.10 Å². The van der Waals surface area contributed by atoms with E-state index in [0.29, 0.717) is 13.1 Å². The number of nitrogens with zero attached hydrogens (tertiary/aromatic N) is 7. The molecule has 0 aliphatic carbocycles. The molecule has 1 aliphatic heterocycles. The largest absolute Gasteiger partial charge is 0.353 e. The van der Waals surface area contributed by atoms with Gasteiger partial charge in [-0.25, -0.2) is 19.6 Å². The third-order valence-electron chi connectivity index (χ3n) is 4.58. The van der Waals surface area contributed by atoms with Gasteiger partial charge < -0.3 is 9.80 Å². The summed E-state index contributed by atoms with van der Waals surface area (Å²) in [7, 11) is 0. The van der Waals surface area contributed by atoms with E-state index in [1.54, 1.807) is 11.0 Å². The first-order valence-corrected chi connectivity index (χ1v) is 9.66. The van der Waals surface area contributed by atoms with Crippen LogP contribution in [-0.4, -0.2) is 61.7 Å². The lowest BCUT2D eigenvalue weighted by atomic mass is 10.2. The van der Waals surface area contributed by atoms with Crippen molar-refractivity contribution < 1.29 is 4.79 Å². The first-order valence-electron chi connectivity index (χ1n) is 8.84. The van der Waals surface area contributed by atoms with Crippen molar-refractivity contribution in [3.05, 3.63) is 45.9 Å². The van der Waals surface area contributed by atoms with Crippen molar-refractivity contribution >= 4 is 23.1 Å². The topological polar surface area (TPSA) is 80.0 Å². The van der Waals surface area contributed by atoms with E-state index in [9.17, 15) is 4.79 Å². The summed E-state index contributed by atoms with van der Waals surface area (Å²) >= 11 is 1.47. The van der Waals surface area contributed by atoms with Crippen molar-refractivity contribution in [3.63, 3.8) is 0 Å². The van der Waals surface area contributed by atoms with Crippen LogP contribution < -0.4 is 4.90 Å². The fourth-order valence-electron chi connectivity index (χ4n) is 3.19. The van der Waals surface area contributed by atoms with Crippen LogP contribution in [0.3, 0.4) is 0 Å². The van der Waals surface area contributed by atoms with Gasteiger partial charge in [-0.05, 0) is 26.8 Å². The van der Waals surface area contributed by atoms with Crippen LogP contribution in [0.5, 0.6) is 0 Å². The summed E-state index contributed by atoms with van der Waals surface area (Å²) in [6.45, 7) is 8.56. The molecular formula is C18H21N7OS. The van der Waals surface area contributed by atoms with Crippen molar-refractivity contribution in [1.29, 1.82) is 0 Å². The monoisotopic (exact) mass is 383 g/mol. The summed E-state index contributed by atoms with van der Waals surface area (Å²) in [6.07, 6.45) is 3.44. The van der Waals surface area contributed by atoms with Gasteiger partial charge in [0.05, 0.1) is 16.4 Å². The number of piperazine rings is 1. The normalized spacial score (nSPS) is 14.6. The quantitative estimate of drug-likeness (QED) is 0.688. The summed E-state index contributed by atoms with van der Waals surface area (Å²) < 4.78 is 1.75. The minimum atomic E-state index is 0.0770. The highest BCUT2D eigenvalue weighted by atomic mass is 32.1. The van der Waals surface area contributed by atoms with Crippen LogP contribution in [-0.2, 0) is 0 Å². The van der Waals surface area contributed by atoms with Crippen molar-refractivity contribution in [1.82, 2.24) is 29.6 Å². The van der Waals surface area contributed by atoms with Crippen LogP contribution in [0, 0.1) is 20.8 Å². The van der Waals surface area contributed by atoms with E-state index in [0.717, 1.165) is 46.0 Å². The van der Waals surface area contributed by atoms with Crippen molar-refractivity contribution in [2.24, 2.45) is 0 Å². The van der Waals surface area contributed by atoms with E-state index < -0.39 is 0 Å². The molecular weight excluding hydrogens is 362 g/mol. The van der Waals surface area contributed by atoms with Gasteiger partial charge in [-0.3, -0.25) is 4.79 Å². The number of hydrogen-bond donors (Lipinski definition) is 0. The maximum absolute atomic E-state index is 12.8. The Kier molecular flexibility index (Phi) is 4.61. The minimum Gasteiger partial charge on any atom is -0.353 e. The Hall–Kier alpha value is -2.81. The van der Waals surface area contributed by atoms with Crippen LogP contribution in [0.1, 0.15) is 26.1 Å². The molecule has 0 N–H and O–H groups in total. The molecule has 1 fully saturated rings. The Morgan fingerprint density at radius 1 is 1.07 bits per heavy atom. The Bertz CT molecular complexity index is 972. The molecule has 9 heteroatoms. The molecule has 0 saturated carbocycles. The fourth-order valence-corrected chi connectivity index (χ4v) is 4.08. The maximum Gasteiger partial charge on any atom is 0.265 e. The second-order valence-electron chi connectivity index (χ2n) is 6.56. The summed E-state index contributed by atoms with van der Waals surface area (Å²) in [4.78, 5) is 30.7. The second-order valence-corrected chi connectivity index (χ2v) is 7.77. The molecule has 1 amide bonds. The van der Waals surface area contributed by atoms with Gasteiger partial charge in [-0.1, -0.05) is 0 Å². The van der Waals surface area contributed by atoms with Gasteiger partial charge in [0, 0.05) is 38.4 Å². The Morgan fingerprint density at radius 2 is 1.81 bits per heavy atom. The van der Waals surface area contributed by atoms with Crippen LogP contribution in [0.15, 0.2) is 24.7 Å². The number of carbonyl (C=O) groups is 1. The highest BCUT2D eigenvalue weighted by Crippen LogP contribution is 2.21. The van der Waals surface area contributed by atoms with E-state index in [-0.39, 0.29) is 5.91 Å². The molecule has 0 atom stereocenters. The molecule has 27 heavy (non-hydrogen) atoms. The van der Waals surface area contributed by atoms with Crippen LogP contribution in [0.25, 0.3) is 5.82 Å². The zero-order valence-electron chi connectivity index (χ0n) is 15.6. The summed E-state index contributed by atoms with van der Waals surface area (Å²) in [5, 5.41) is 5.32. The summed E-state index contributed by atoms with van der Waals surface area (Å²) in [6, 6.07) is 3.87. The average molecular weight is 383 g/mol. The molecule has 0 aromatic carbocycles. The predicted octanol–water partition coefficient (Wildman–Crippen LogP) is 2.01. The highest BCUT2D eigenvalue weighted by molar-refractivity contribution is 7.13. The van der Waals surface area contributed by atoms with Gasteiger partial charge in [0.15, 0.2) is 5.82 Å². The minimum absolute atomic E-state index is 0.0770. The molecule has 3 aromatic heterocycles. The zero-order chi connectivity index (χ0) is 19.0. The summed E-state index contributed by atoms with van der Waals surface area (Å²) in [5.74, 6) is 1.67. The molecule has 0 spiro atoms. The highest BCUT2D eigenvalue weighted by Gasteiger charge is 2.25. The van der Waals surface area contributed by atoms with Crippen molar-refractivity contribution in [3.8, 4) is 5.82 Å². The number of amides is 1. The molecule has 1 aliphatic rings. The van der Waals surface area contributed by atoms with Crippen LogP contribution in [0.2, 0.25) is 0 Å². The van der Waals surface area contributed by atoms with E-state index in [1.165, 1.54) is 11.3 Å². The standard InChI is InChI=1S/C18H21N7OS/c1-12-4-5-25(22-12)16-10-15(19-11-20-16)23-6-8-24(9-7-23)18(26)17-13(2)21-14(3)27-17/h4-5,10-11H,6-9H2,1-3H3. The number of aromatic nitrogens is 5. The average Bonchev–Trinajstić information content (AvgIpc) is 3.26. The molecule has 1 saturated heterocycles. The third-order valence-corrected chi connectivity index (χ3v) is 5.64. The lowest BCUT2D eigenvalue weighted by Crippen LogP contribution is -2.49. The second kappa shape index (κ2) is 7.07. The van der Waals surface area contributed by atoms with Crippen molar-refractivity contribution in [2.45, 2.75) is 20.8 Å². The van der Waals surface area contributed by atoms with Crippen LogP contribution in [0.4, 0.5) is 5.82 Å². The van der Waals surface area contributed by atoms with E-state index in [2.05, 4.69) is 25.0 Å². The summed E-state index contributed by atoms with van der Waals surface area (Å²) in [5.41, 5.74) is 1.76. The third kappa shape index (κ3) is 3.55. The molecule has 4 heterocycles. The molecule has 8 nitrogen and oxygen atoms in total. The Labute approximate surface area is 161 Å². The van der Waals surface area contributed by atoms with E-state index in [1.807, 2.05) is 44.0 Å². The lowest BCUT2D eigenvalue weighted by molar-refractivity contribution is 0.0750. The fraction of sp³-hybridized carbons (Fsp3) is 0.389. The number of hydrogen-bond acceptors (Lipinski definition) is 7. The van der Waals surface area contributed by atoms with E-state index >= 15 is 0 Å². The molecule has 0 unspecified atom stereocenters. The van der Waals surface area contributed by atoms with Gasteiger partial charge in [0.2, 0.25) is 0 Å². The maximum atomic E-state index is 12.8. The van der Waals surface area contributed by atoms with Gasteiger partial charge >= 0.3 is 0 Å². The smallest absolute Gasteiger partial charge is 0.265 e. The van der Waals surface area contributed by atoms with Crippen molar-refractivity contribution in [2.75, 3.05) is 31.1 Å². The van der Waals surface area contributed by atoms with Gasteiger partial charge in [0.25, 0.3) is 5.91 Å².